The van der Waals surface area contributed by atoms with Gasteiger partial charge < -0.3 is 9.80 Å². The van der Waals surface area contributed by atoms with E-state index in [1.807, 2.05) is 12.1 Å². The van der Waals surface area contributed by atoms with Crippen LogP contribution >= 0.6 is 0 Å². The molecule has 0 unspecified atom stereocenters. The maximum atomic E-state index is 13.1. The number of hydrogen-bond acceptors (Lipinski definition) is 6. The summed E-state index contributed by atoms with van der Waals surface area (Å²) >= 11 is 0. The van der Waals surface area contributed by atoms with Crippen LogP contribution in [0.25, 0.3) is 10.9 Å². The molecular weight excluding hydrogens is 371 g/mol. The normalized spacial score (nSPS) is 18.3. The molecule has 4 heterocycles. The molecule has 1 aromatic carbocycles. The van der Waals surface area contributed by atoms with E-state index in [-0.39, 0.29) is 11.4 Å². The first kappa shape index (κ1) is 18.1. The van der Waals surface area contributed by atoms with Crippen molar-refractivity contribution in [2.45, 2.75) is 6.04 Å². The molecule has 150 valence electrons. The van der Waals surface area contributed by atoms with Gasteiger partial charge >= 0.3 is 0 Å². The minimum Gasteiger partial charge on any atom is -0.369 e. The van der Waals surface area contributed by atoms with E-state index in [1.54, 1.807) is 30.1 Å². The fourth-order valence-electron chi connectivity index (χ4n) is 4.24. The highest BCUT2D eigenvalue weighted by atomic mass is 19.1. The number of rotatable bonds is 3. The number of hydrogen-bond donors (Lipinski definition) is 0. The lowest BCUT2D eigenvalue weighted by Crippen LogP contribution is -2.64. The van der Waals surface area contributed by atoms with Crippen LogP contribution in [-0.2, 0) is 7.05 Å². The summed E-state index contributed by atoms with van der Waals surface area (Å²) in [6.07, 6.45) is 3.27. The molecule has 2 saturated heterocycles. The predicted molar refractivity (Wildman–Crippen MR) is 111 cm³/mol. The largest absolute Gasteiger partial charge is 0.369 e. The average molecular weight is 394 g/mol. The van der Waals surface area contributed by atoms with Crippen LogP contribution in [-0.4, -0.2) is 64.7 Å². The van der Waals surface area contributed by atoms with Gasteiger partial charge in [-0.25, -0.2) is 9.37 Å². The van der Waals surface area contributed by atoms with Gasteiger partial charge in [0, 0.05) is 64.2 Å². The zero-order valence-corrected chi connectivity index (χ0v) is 16.3. The lowest BCUT2D eigenvalue weighted by atomic mass is 10.1. The van der Waals surface area contributed by atoms with Crippen LogP contribution in [0.2, 0.25) is 0 Å². The summed E-state index contributed by atoms with van der Waals surface area (Å²) in [6, 6.07) is 8.90. The maximum absolute atomic E-state index is 13.1. The molecule has 29 heavy (non-hydrogen) atoms. The number of aromatic nitrogens is 3. The number of benzene rings is 1. The van der Waals surface area contributed by atoms with Crippen LogP contribution in [0.1, 0.15) is 0 Å². The van der Waals surface area contributed by atoms with E-state index in [0.29, 0.717) is 22.9 Å². The van der Waals surface area contributed by atoms with Crippen LogP contribution in [0.4, 0.5) is 16.0 Å². The van der Waals surface area contributed by atoms with Gasteiger partial charge in [-0.2, -0.15) is 0 Å². The number of nitrogens with zero attached hydrogens (tertiary/aromatic N) is 6. The predicted octanol–water partition coefficient (Wildman–Crippen LogP) is 1.48. The van der Waals surface area contributed by atoms with Crippen molar-refractivity contribution in [3.8, 4) is 0 Å². The Hall–Kier alpha value is -3.00. The third-order valence-electron chi connectivity index (χ3n) is 6.02. The van der Waals surface area contributed by atoms with Crippen LogP contribution < -0.4 is 15.4 Å². The summed E-state index contributed by atoms with van der Waals surface area (Å²) in [5, 5.41) is 0.597. The number of fused-ring (bicyclic) bond motifs is 1. The number of pyridine rings is 1. The first-order valence-corrected chi connectivity index (χ1v) is 9.90. The molecule has 0 radical (unpaired) electrons. The van der Waals surface area contributed by atoms with Gasteiger partial charge in [0.25, 0.3) is 5.56 Å². The molecule has 5 rings (SSSR count). The molecule has 0 bridgehead atoms. The molecule has 2 aliphatic heterocycles. The van der Waals surface area contributed by atoms with E-state index in [1.165, 1.54) is 12.1 Å². The van der Waals surface area contributed by atoms with Crippen LogP contribution in [0.5, 0.6) is 0 Å². The monoisotopic (exact) mass is 394 g/mol. The SMILES string of the molecule is Cn1c(N2CC(N3CCN(c4ccc(F)cc4)CC3)C2)nc2cnccc2c1=O. The summed E-state index contributed by atoms with van der Waals surface area (Å²) in [4.78, 5) is 28.3. The van der Waals surface area contributed by atoms with Gasteiger partial charge in [0.05, 0.1) is 17.1 Å². The average Bonchev–Trinajstić information content (AvgIpc) is 2.72. The van der Waals surface area contributed by atoms with Crippen LogP contribution in [0, 0.1) is 5.82 Å². The minimum absolute atomic E-state index is 0.0382. The Morgan fingerprint density at radius 3 is 2.45 bits per heavy atom. The fraction of sp³-hybridized carbons (Fsp3) is 0.381. The fourth-order valence-corrected chi connectivity index (χ4v) is 4.24. The van der Waals surface area contributed by atoms with E-state index in [0.717, 1.165) is 45.0 Å². The van der Waals surface area contributed by atoms with Crippen LogP contribution in [0.15, 0.2) is 47.5 Å². The Labute approximate surface area is 168 Å². The Kier molecular flexibility index (Phi) is 4.43. The molecule has 0 atom stereocenters. The van der Waals surface area contributed by atoms with Gasteiger partial charge in [-0.15, -0.1) is 0 Å². The van der Waals surface area contributed by atoms with E-state index < -0.39 is 0 Å². The van der Waals surface area contributed by atoms with Crippen molar-refractivity contribution in [2.75, 3.05) is 49.1 Å². The van der Waals surface area contributed by atoms with E-state index >= 15 is 0 Å². The lowest BCUT2D eigenvalue weighted by molar-refractivity contribution is 0.155. The van der Waals surface area contributed by atoms with Gasteiger partial charge in [0.1, 0.15) is 5.82 Å². The van der Waals surface area contributed by atoms with Crippen molar-refractivity contribution in [3.05, 3.63) is 58.9 Å². The molecule has 2 aliphatic rings. The Morgan fingerprint density at radius 2 is 1.72 bits per heavy atom. The molecule has 7 nitrogen and oxygen atoms in total. The van der Waals surface area contributed by atoms with Gasteiger partial charge in [0.2, 0.25) is 5.95 Å². The van der Waals surface area contributed by atoms with Crippen LogP contribution in [0.3, 0.4) is 0 Å². The molecule has 0 N–H and O–H groups in total. The van der Waals surface area contributed by atoms with Crippen molar-refractivity contribution < 1.29 is 4.39 Å². The van der Waals surface area contributed by atoms with Crippen molar-refractivity contribution in [2.24, 2.45) is 7.05 Å². The number of halogens is 1. The van der Waals surface area contributed by atoms with E-state index in [9.17, 15) is 9.18 Å². The summed E-state index contributed by atoms with van der Waals surface area (Å²) < 4.78 is 14.8. The number of anilines is 2. The second-order valence-electron chi connectivity index (χ2n) is 7.73. The second kappa shape index (κ2) is 7.11. The third kappa shape index (κ3) is 3.23. The van der Waals surface area contributed by atoms with Crippen molar-refractivity contribution in [1.82, 2.24) is 19.4 Å². The molecule has 0 amide bonds. The highest BCUT2D eigenvalue weighted by Crippen LogP contribution is 2.24. The van der Waals surface area contributed by atoms with E-state index in [2.05, 4.69) is 24.7 Å². The summed E-state index contributed by atoms with van der Waals surface area (Å²) in [5.41, 5.74) is 1.68. The first-order chi connectivity index (χ1) is 14.1. The van der Waals surface area contributed by atoms with Gasteiger partial charge in [-0.3, -0.25) is 19.2 Å². The topological polar surface area (TPSA) is 57.5 Å². The summed E-state index contributed by atoms with van der Waals surface area (Å²) in [6.45, 7) is 5.54. The van der Waals surface area contributed by atoms with Gasteiger partial charge in [0.15, 0.2) is 0 Å². The Morgan fingerprint density at radius 1 is 1.00 bits per heavy atom. The molecule has 8 heteroatoms. The molecule has 0 spiro atoms. The number of piperazine rings is 1. The standard InChI is InChI=1S/C21H23FN6O/c1-25-20(29)18-6-7-23-12-19(18)24-21(25)28-13-17(14-28)27-10-8-26(9-11-27)16-4-2-15(22)3-5-16/h2-7,12,17H,8-11,13-14H2,1H3. The summed E-state index contributed by atoms with van der Waals surface area (Å²) in [7, 11) is 1.78. The molecule has 0 aliphatic carbocycles. The zero-order chi connectivity index (χ0) is 20.0. The van der Waals surface area contributed by atoms with Gasteiger partial charge in [-0.05, 0) is 30.3 Å². The molecule has 2 aromatic heterocycles. The molecule has 2 fully saturated rings. The Balaban J connectivity index is 1.23. The van der Waals surface area contributed by atoms with E-state index in [4.69, 9.17) is 0 Å². The summed E-state index contributed by atoms with van der Waals surface area (Å²) in [5.74, 6) is 0.506. The molecular formula is C21H23FN6O. The first-order valence-electron chi connectivity index (χ1n) is 9.90. The van der Waals surface area contributed by atoms with Crippen molar-refractivity contribution in [1.29, 1.82) is 0 Å². The van der Waals surface area contributed by atoms with Gasteiger partial charge in [-0.1, -0.05) is 0 Å². The lowest BCUT2D eigenvalue weighted by Gasteiger charge is -2.49. The van der Waals surface area contributed by atoms with Crippen molar-refractivity contribution >= 4 is 22.5 Å². The smallest absolute Gasteiger partial charge is 0.262 e. The zero-order valence-electron chi connectivity index (χ0n) is 16.3. The third-order valence-corrected chi connectivity index (χ3v) is 6.02. The quantitative estimate of drug-likeness (QED) is 0.671. The molecule has 3 aromatic rings. The highest BCUT2D eigenvalue weighted by molar-refractivity contribution is 5.77. The Bertz CT molecular complexity index is 1080. The van der Waals surface area contributed by atoms with Crippen molar-refractivity contribution in [3.63, 3.8) is 0 Å². The highest BCUT2D eigenvalue weighted by Gasteiger charge is 2.35. The minimum atomic E-state index is -0.200. The maximum Gasteiger partial charge on any atom is 0.262 e. The second-order valence-corrected chi connectivity index (χ2v) is 7.73. The molecule has 0 saturated carbocycles.